The Balaban J connectivity index is 0.000000726. The predicted octanol–water partition coefficient (Wildman–Crippen LogP) is 1.77. The number of carbonyl (C=O) groups excluding carboxylic acids is 1. The van der Waals surface area contributed by atoms with Gasteiger partial charge in [0, 0.05) is 41.4 Å². The molecule has 178 valence electrons. The monoisotopic (exact) mass is 551 g/mol. The van der Waals surface area contributed by atoms with E-state index in [1.807, 2.05) is 41.9 Å². The number of allylic oxidation sites excluding steroid dienone is 1. The largest absolute Gasteiger partial charge is 1.00 e. The van der Waals surface area contributed by atoms with Crippen molar-refractivity contribution in [3.63, 3.8) is 0 Å². The number of nitrogens with one attached hydrogen (secondary N) is 2. The summed E-state index contributed by atoms with van der Waals surface area (Å²) < 4.78 is 2.02. The van der Waals surface area contributed by atoms with Crippen LogP contribution in [0.3, 0.4) is 0 Å². The summed E-state index contributed by atoms with van der Waals surface area (Å²) in [6.45, 7) is 9.54. The molecule has 1 saturated heterocycles. The molecule has 2 N–H and O–H groups in total. The zero-order valence-corrected chi connectivity index (χ0v) is 25.7. The number of anilines is 3. The maximum atomic E-state index is 11.9. The van der Waals surface area contributed by atoms with Gasteiger partial charge in [-0.25, -0.2) is 9.97 Å². The Morgan fingerprint density at radius 2 is 1.86 bits per heavy atom. The van der Waals surface area contributed by atoms with Crippen LogP contribution in [0.25, 0.3) is 22.2 Å². The van der Waals surface area contributed by atoms with Gasteiger partial charge in [-0.2, -0.15) is 0 Å². The third kappa shape index (κ3) is 5.63. The Hall–Kier alpha value is -2.36. The van der Waals surface area contributed by atoms with Crippen LogP contribution in [0.4, 0.5) is 17.2 Å². The van der Waals surface area contributed by atoms with Crippen molar-refractivity contribution in [3.8, 4) is 11.3 Å². The summed E-state index contributed by atoms with van der Waals surface area (Å²) in [6, 6.07) is 14.3. The van der Waals surface area contributed by atoms with Gasteiger partial charge in [-0.05, 0) is 62.0 Å². The molecule has 2 aromatic carbocycles. The molecular weight excluding hydrogens is 524 g/mol. The van der Waals surface area contributed by atoms with Crippen molar-refractivity contribution in [3.05, 3.63) is 90.2 Å². The molecule has 0 aliphatic carbocycles. The van der Waals surface area contributed by atoms with Crippen molar-refractivity contribution in [2.45, 2.75) is 13.5 Å². The summed E-state index contributed by atoms with van der Waals surface area (Å²) in [5.74, 6) is 0.680. The van der Waals surface area contributed by atoms with Crippen molar-refractivity contribution in [1.82, 2.24) is 19.7 Å². The third-order valence-electron chi connectivity index (χ3n) is 6.06. The fourth-order valence-electron chi connectivity index (χ4n) is 4.37. The first-order chi connectivity index (χ1) is 17.2. The molecule has 4 aromatic rings. The Morgan fingerprint density at radius 1 is 1.11 bits per heavy atom. The molecule has 9 heteroatoms. The van der Waals surface area contributed by atoms with Crippen LogP contribution in [0.1, 0.15) is 22.8 Å². The van der Waals surface area contributed by atoms with Gasteiger partial charge >= 0.3 is 58.2 Å². The van der Waals surface area contributed by atoms with Gasteiger partial charge in [0.2, 0.25) is 0 Å². The molecule has 0 unspecified atom stereocenters. The van der Waals surface area contributed by atoms with Crippen LogP contribution < -0.4 is 73.7 Å². The second-order valence-electron chi connectivity index (χ2n) is 8.41. The third-order valence-corrected chi connectivity index (χ3v) is 6.06. The molecule has 2 aliphatic rings. The van der Waals surface area contributed by atoms with Crippen LogP contribution in [0.2, 0.25) is 0 Å². The molecule has 0 saturated carbocycles. The van der Waals surface area contributed by atoms with E-state index in [0.717, 1.165) is 59.9 Å². The van der Waals surface area contributed by atoms with Crippen LogP contribution >= 0.6 is 0 Å². The fraction of sp³-hybridized carbons (Fsp3) is 0.222. The fourth-order valence-corrected chi connectivity index (χ4v) is 4.37. The van der Waals surface area contributed by atoms with Gasteiger partial charge in [0.25, 0.3) is 5.91 Å². The van der Waals surface area contributed by atoms with Crippen LogP contribution in [0, 0.1) is 0 Å². The first-order valence-electron chi connectivity index (χ1n) is 11.7. The second-order valence-corrected chi connectivity index (χ2v) is 8.41. The van der Waals surface area contributed by atoms with Crippen LogP contribution in [0.5, 0.6) is 0 Å². The standard InChI is InChI=1S/C24H22N7O.C3H6.Rb/c32-24-20-6-1-16(13-17(20)14-28-24)21-15-27-22(23-26-9-12-31(21)23)29-18-2-4-19(5-3-18)30-10-7-25-8-11-30;1-3-2;/h1-6,9,12-13,15H,7-8,10-11,14H2,(H,27,29)(H,28,32);3H,1H2,2H3;/q-1;;+1. The van der Waals surface area contributed by atoms with Crippen molar-refractivity contribution in [1.29, 1.82) is 0 Å². The number of aromatic nitrogens is 3. The topological polar surface area (TPSA) is 88.7 Å². The molecule has 4 heterocycles. The molecule has 0 atom stereocenters. The van der Waals surface area contributed by atoms with Gasteiger partial charge in [0.15, 0.2) is 11.5 Å². The van der Waals surface area contributed by atoms with Gasteiger partial charge in [-0.1, -0.05) is 12.1 Å². The number of hydrogen-bond donors (Lipinski definition) is 2. The van der Waals surface area contributed by atoms with Crippen LogP contribution in [-0.4, -0.2) is 46.5 Å². The van der Waals surface area contributed by atoms with Crippen LogP contribution in [-0.2, 0) is 6.54 Å². The molecule has 2 aromatic heterocycles. The molecule has 2 aliphatic heterocycles. The van der Waals surface area contributed by atoms with Crippen molar-refractivity contribution < 1.29 is 63.0 Å². The van der Waals surface area contributed by atoms with E-state index in [0.29, 0.717) is 12.4 Å². The number of amides is 1. The molecule has 0 spiro atoms. The SMILES string of the molecule is C=CC.O=C1NCc2cc(-c3cnc(Nc4ccc(N5CC[N-]CC5)cc4)c4nccn34)ccc21.[Rb+]. The number of nitrogens with zero attached hydrogens (tertiary/aromatic N) is 5. The van der Waals surface area contributed by atoms with Gasteiger partial charge < -0.3 is 20.9 Å². The van der Waals surface area contributed by atoms with E-state index in [1.165, 1.54) is 5.69 Å². The number of benzene rings is 2. The summed E-state index contributed by atoms with van der Waals surface area (Å²) in [5.41, 5.74) is 6.59. The van der Waals surface area contributed by atoms with Gasteiger partial charge in [-0.3, -0.25) is 9.20 Å². The number of fused-ring (bicyclic) bond motifs is 2. The van der Waals surface area contributed by atoms with E-state index in [9.17, 15) is 4.79 Å². The zero-order chi connectivity index (χ0) is 24.2. The van der Waals surface area contributed by atoms with E-state index in [2.05, 4.69) is 61.7 Å². The zero-order valence-electron chi connectivity index (χ0n) is 20.7. The van der Waals surface area contributed by atoms with E-state index >= 15 is 0 Å². The average molecular weight is 552 g/mol. The molecule has 36 heavy (non-hydrogen) atoms. The molecule has 6 rings (SSSR count). The molecule has 0 bridgehead atoms. The Labute approximate surface area is 260 Å². The molecular formula is C27H28N7ORb. The normalized spacial score (nSPS) is 14.2. The Bertz CT molecular complexity index is 1360. The number of imidazole rings is 1. The maximum absolute atomic E-state index is 11.9. The van der Waals surface area contributed by atoms with E-state index in [4.69, 9.17) is 0 Å². The van der Waals surface area contributed by atoms with E-state index in [1.54, 1.807) is 12.3 Å². The first kappa shape index (κ1) is 26.7. The first-order valence-corrected chi connectivity index (χ1v) is 11.7. The summed E-state index contributed by atoms with van der Waals surface area (Å²) in [5, 5.41) is 10.7. The van der Waals surface area contributed by atoms with Crippen molar-refractivity contribution in [2.75, 3.05) is 36.4 Å². The maximum Gasteiger partial charge on any atom is 1.00 e. The molecule has 0 radical (unpaired) electrons. The minimum absolute atomic E-state index is 0. The van der Waals surface area contributed by atoms with E-state index < -0.39 is 0 Å². The number of piperazine rings is 1. The van der Waals surface area contributed by atoms with Crippen molar-refractivity contribution >= 4 is 28.7 Å². The summed E-state index contributed by atoms with van der Waals surface area (Å²) in [4.78, 5) is 23.4. The predicted molar refractivity (Wildman–Crippen MR) is 140 cm³/mol. The van der Waals surface area contributed by atoms with Gasteiger partial charge in [0.1, 0.15) is 0 Å². The average Bonchev–Trinajstić information content (AvgIpc) is 3.53. The van der Waals surface area contributed by atoms with Gasteiger partial charge in [0.05, 0.1) is 11.9 Å². The van der Waals surface area contributed by atoms with Crippen LogP contribution in [0.15, 0.2) is 73.7 Å². The quantitative estimate of drug-likeness (QED) is 0.378. The second kappa shape index (κ2) is 12.2. The Kier molecular flexibility index (Phi) is 9.08. The van der Waals surface area contributed by atoms with E-state index in [-0.39, 0.29) is 64.1 Å². The summed E-state index contributed by atoms with van der Waals surface area (Å²) >= 11 is 0. The van der Waals surface area contributed by atoms with Gasteiger partial charge in [-0.15, -0.1) is 19.7 Å². The van der Waals surface area contributed by atoms with Crippen molar-refractivity contribution in [2.24, 2.45) is 0 Å². The number of hydrogen-bond acceptors (Lipinski definition) is 5. The molecule has 1 amide bonds. The molecule has 8 nitrogen and oxygen atoms in total. The smallest absolute Gasteiger partial charge is 0.659 e. The number of carbonyl (C=O) groups is 1. The summed E-state index contributed by atoms with van der Waals surface area (Å²) in [6.07, 6.45) is 7.29. The minimum atomic E-state index is -0.0155. The summed E-state index contributed by atoms with van der Waals surface area (Å²) in [7, 11) is 0. The minimum Gasteiger partial charge on any atom is -0.659 e. The Morgan fingerprint density at radius 3 is 2.61 bits per heavy atom. The molecule has 1 fully saturated rings. The number of rotatable bonds is 4.